The summed E-state index contributed by atoms with van der Waals surface area (Å²) in [6.07, 6.45) is -3.21. The molecule has 29 heavy (non-hydrogen) atoms. The molecule has 1 N–H and O–H groups in total. The van der Waals surface area contributed by atoms with E-state index in [1.54, 1.807) is 6.92 Å². The molecule has 1 heterocycles. The Kier molecular flexibility index (Phi) is 5.88. The van der Waals surface area contributed by atoms with E-state index in [0.717, 1.165) is 17.5 Å². The zero-order valence-electron chi connectivity index (χ0n) is 15.4. The lowest BCUT2D eigenvalue weighted by Gasteiger charge is -2.17. The van der Waals surface area contributed by atoms with Gasteiger partial charge in [-0.15, -0.1) is 0 Å². The molecule has 0 saturated heterocycles. The fourth-order valence-corrected chi connectivity index (χ4v) is 3.74. The molecule has 1 aliphatic rings. The lowest BCUT2D eigenvalue weighted by molar-refractivity contribution is -0.142. The van der Waals surface area contributed by atoms with Crippen molar-refractivity contribution in [3.8, 4) is 5.75 Å². The summed E-state index contributed by atoms with van der Waals surface area (Å²) >= 11 is 2.99. The number of aryl methyl sites for hydroxylation is 1. The molecule has 5 nitrogen and oxygen atoms in total. The van der Waals surface area contributed by atoms with Crippen LogP contribution in [0.3, 0.4) is 0 Å². The van der Waals surface area contributed by atoms with E-state index in [-0.39, 0.29) is 16.1 Å². The van der Waals surface area contributed by atoms with Crippen LogP contribution in [0.5, 0.6) is 5.75 Å². The molecule has 1 aromatic carbocycles. The quantitative estimate of drug-likeness (QED) is 0.542. The molecule has 11 heteroatoms. The number of hydrogen-bond donors (Lipinski definition) is 1. The number of benzene rings is 1. The molecule has 0 radical (unpaired) electrons. The molecular formula is C18H17BrF5N3O2. The van der Waals surface area contributed by atoms with Crippen LogP contribution < -0.4 is 10.1 Å². The van der Waals surface area contributed by atoms with Gasteiger partial charge in [0.15, 0.2) is 5.69 Å². The zero-order valence-corrected chi connectivity index (χ0v) is 16.9. The van der Waals surface area contributed by atoms with Gasteiger partial charge in [0.05, 0.1) is 10.2 Å². The van der Waals surface area contributed by atoms with E-state index in [2.05, 4.69) is 31.1 Å². The minimum absolute atomic E-state index is 0.0645. The van der Waals surface area contributed by atoms with Gasteiger partial charge >= 0.3 is 12.8 Å². The first kappa shape index (κ1) is 21.5. The molecule has 0 aliphatic heterocycles. The van der Waals surface area contributed by atoms with E-state index in [0.29, 0.717) is 16.9 Å². The fourth-order valence-electron chi connectivity index (χ4n) is 2.93. The molecule has 1 fully saturated rings. The zero-order chi connectivity index (χ0) is 21.5. The van der Waals surface area contributed by atoms with Gasteiger partial charge < -0.3 is 10.1 Å². The maximum absolute atomic E-state index is 13.2. The van der Waals surface area contributed by atoms with Gasteiger partial charge in [0.25, 0.3) is 0 Å². The number of amides is 1. The molecule has 1 amide bonds. The van der Waals surface area contributed by atoms with Crippen LogP contribution in [0.25, 0.3) is 0 Å². The highest BCUT2D eigenvalue weighted by atomic mass is 79.9. The average molecular weight is 482 g/mol. The number of rotatable bonds is 6. The molecule has 1 aliphatic carbocycles. The molecule has 0 bridgehead atoms. The number of aromatic nitrogens is 2. The maximum Gasteiger partial charge on any atom is 0.436 e. The first-order chi connectivity index (χ1) is 13.5. The number of carbonyl (C=O) groups excluding carboxylic acids is 1. The van der Waals surface area contributed by atoms with E-state index in [9.17, 15) is 26.7 Å². The molecule has 2 aromatic rings. The smallest absolute Gasteiger partial charge is 0.435 e. The highest BCUT2D eigenvalue weighted by molar-refractivity contribution is 9.10. The average Bonchev–Trinajstić information content (AvgIpc) is 3.37. The van der Waals surface area contributed by atoms with Gasteiger partial charge in [0.1, 0.15) is 11.8 Å². The summed E-state index contributed by atoms with van der Waals surface area (Å²) < 4.78 is 69.6. The molecular weight excluding hydrogens is 465 g/mol. The van der Waals surface area contributed by atoms with Crippen molar-refractivity contribution in [2.24, 2.45) is 0 Å². The number of carbonyl (C=O) groups is 1. The van der Waals surface area contributed by atoms with Crippen molar-refractivity contribution >= 4 is 27.5 Å². The summed E-state index contributed by atoms with van der Waals surface area (Å²) in [5.41, 5.74) is 0.0727. The summed E-state index contributed by atoms with van der Waals surface area (Å²) in [6, 6.07) is 2.96. The second kappa shape index (κ2) is 7.92. The van der Waals surface area contributed by atoms with Crippen LogP contribution in [-0.4, -0.2) is 22.3 Å². The minimum Gasteiger partial charge on any atom is -0.435 e. The predicted molar refractivity (Wildman–Crippen MR) is 98.1 cm³/mol. The second-order valence-corrected chi connectivity index (χ2v) is 7.58. The molecule has 1 aromatic heterocycles. The first-order valence-corrected chi connectivity index (χ1v) is 9.49. The standard InChI is InChI=1S/C18H17BrF5N3O2/c1-8-7-11(29-17(20)21)5-6-12(8)25-16(28)9(2)27-14(10-3-4-10)13(19)15(26-27)18(22,23)24/h5-7,9-10,17H,3-4H2,1-2H3,(H,25,28). The van der Waals surface area contributed by atoms with Crippen molar-refractivity contribution in [2.45, 2.75) is 51.4 Å². The Hall–Kier alpha value is -2.17. The van der Waals surface area contributed by atoms with Crippen molar-refractivity contribution in [3.05, 3.63) is 39.6 Å². The molecule has 158 valence electrons. The maximum atomic E-state index is 13.2. The van der Waals surface area contributed by atoms with Crippen molar-refractivity contribution in [3.63, 3.8) is 0 Å². The number of ether oxygens (including phenoxy) is 1. The predicted octanol–water partition coefficient (Wildman–Crippen LogP) is 5.65. The van der Waals surface area contributed by atoms with Crippen molar-refractivity contribution in [2.75, 3.05) is 5.32 Å². The van der Waals surface area contributed by atoms with Gasteiger partial charge in [-0.25, -0.2) is 0 Å². The molecule has 3 rings (SSSR count). The Morgan fingerprint density at radius 3 is 2.52 bits per heavy atom. The monoisotopic (exact) mass is 481 g/mol. The van der Waals surface area contributed by atoms with Gasteiger partial charge in [-0.05, 0) is 66.4 Å². The Labute approximate surface area is 171 Å². The van der Waals surface area contributed by atoms with Gasteiger partial charge in [-0.3, -0.25) is 9.48 Å². The van der Waals surface area contributed by atoms with Crippen LogP contribution in [0.15, 0.2) is 22.7 Å². The number of alkyl halides is 5. The van der Waals surface area contributed by atoms with Gasteiger partial charge in [0, 0.05) is 11.6 Å². The van der Waals surface area contributed by atoms with Crippen LogP contribution in [0.2, 0.25) is 0 Å². The summed E-state index contributed by atoms with van der Waals surface area (Å²) in [4.78, 5) is 12.7. The van der Waals surface area contributed by atoms with Crippen LogP contribution in [0.1, 0.15) is 48.7 Å². The van der Waals surface area contributed by atoms with E-state index < -0.39 is 30.4 Å². The van der Waals surface area contributed by atoms with Crippen molar-refractivity contribution < 1.29 is 31.5 Å². The summed E-state index contributed by atoms with van der Waals surface area (Å²) in [7, 11) is 0. The highest BCUT2D eigenvalue weighted by Gasteiger charge is 2.43. The number of nitrogens with zero attached hydrogens (tertiary/aromatic N) is 2. The van der Waals surface area contributed by atoms with Crippen LogP contribution >= 0.6 is 15.9 Å². The number of hydrogen-bond acceptors (Lipinski definition) is 3. The Morgan fingerprint density at radius 2 is 2.00 bits per heavy atom. The summed E-state index contributed by atoms with van der Waals surface area (Å²) in [5, 5.41) is 6.26. The van der Waals surface area contributed by atoms with Crippen molar-refractivity contribution in [1.29, 1.82) is 0 Å². The Morgan fingerprint density at radius 1 is 1.34 bits per heavy atom. The second-order valence-electron chi connectivity index (χ2n) is 6.78. The van der Waals surface area contributed by atoms with E-state index >= 15 is 0 Å². The lowest BCUT2D eigenvalue weighted by atomic mass is 10.1. The summed E-state index contributed by atoms with van der Waals surface area (Å²) in [5.74, 6) is -0.734. The largest absolute Gasteiger partial charge is 0.436 e. The molecule has 1 unspecified atom stereocenters. The third kappa shape index (κ3) is 4.71. The van der Waals surface area contributed by atoms with Gasteiger partial charge in [-0.2, -0.15) is 27.1 Å². The number of nitrogens with one attached hydrogen (secondary N) is 1. The fraction of sp³-hybridized carbons (Fsp3) is 0.444. The van der Waals surface area contributed by atoms with Crippen molar-refractivity contribution in [1.82, 2.24) is 9.78 Å². The third-order valence-corrected chi connectivity index (χ3v) is 5.33. The molecule has 1 saturated carbocycles. The number of anilines is 1. The van der Waals surface area contributed by atoms with Gasteiger partial charge in [-0.1, -0.05) is 0 Å². The van der Waals surface area contributed by atoms with Crippen LogP contribution in [0, 0.1) is 6.92 Å². The van der Waals surface area contributed by atoms with Gasteiger partial charge in [0.2, 0.25) is 5.91 Å². The molecule has 0 spiro atoms. The van der Waals surface area contributed by atoms with E-state index in [1.165, 1.54) is 25.1 Å². The Balaban J connectivity index is 1.84. The first-order valence-electron chi connectivity index (χ1n) is 8.70. The summed E-state index contributed by atoms with van der Waals surface area (Å²) in [6.45, 7) is 0.0575. The third-order valence-electron chi connectivity index (χ3n) is 4.55. The number of halogens is 6. The van der Waals surface area contributed by atoms with E-state index in [1.807, 2.05) is 0 Å². The lowest BCUT2D eigenvalue weighted by Crippen LogP contribution is -2.26. The van der Waals surface area contributed by atoms with Crippen LogP contribution in [-0.2, 0) is 11.0 Å². The molecule has 1 atom stereocenters. The van der Waals surface area contributed by atoms with E-state index in [4.69, 9.17) is 0 Å². The normalized spacial score (nSPS) is 15.5. The van der Waals surface area contributed by atoms with Crippen LogP contribution in [0.4, 0.5) is 27.6 Å². The highest BCUT2D eigenvalue weighted by Crippen LogP contribution is 2.47. The SMILES string of the molecule is Cc1cc(OC(F)F)ccc1NC(=O)C(C)n1nc(C(F)(F)F)c(Br)c1C1CC1. The Bertz CT molecular complexity index is 925. The minimum atomic E-state index is -4.65. The topological polar surface area (TPSA) is 56.1 Å².